The zero-order valence-electron chi connectivity index (χ0n) is 20.9. The maximum absolute atomic E-state index is 13.3. The highest BCUT2D eigenvalue weighted by molar-refractivity contribution is 5.79. The van der Waals surface area contributed by atoms with E-state index in [0.717, 1.165) is 25.7 Å². The predicted octanol–water partition coefficient (Wildman–Crippen LogP) is 2.25. The number of fused-ring (bicyclic) bond motifs is 1. The average molecular weight is 456 g/mol. The molecule has 0 spiro atoms. The summed E-state index contributed by atoms with van der Waals surface area (Å²) in [5.74, 6) is -0.156. The quantitative estimate of drug-likeness (QED) is 0.469. The van der Waals surface area contributed by atoms with Gasteiger partial charge >= 0.3 is 6.03 Å². The normalized spacial score (nSPS) is 33.2. The molecule has 32 heavy (non-hydrogen) atoms. The Morgan fingerprint density at radius 3 is 2.31 bits per heavy atom. The molecule has 2 aliphatic carbocycles. The van der Waals surface area contributed by atoms with Gasteiger partial charge in [0.2, 0.25) is 5.91 Å². The van der Waals surface area contributed by atoms with Crippen molar-refractivity contribution in [3.8, 4) is 0 Å². The van der Waals surface area contributed by atoms with E-state index < -0.39 is 6.10 Å². The number of carbonyl (C=O) groups excluding carboxylic acids is 2. The highest BCUT2D eigenvalue weighted by Crippen LogP contribution is 2.55. The number of rotatable bonds is 10. The summed E-state index contributed by atoms with van der Waals surface area (Å²) in [5, 5.41) is 17.5. The molecule has 0 radical (unpaired) electrons. The second-order valence-corrected chi connectivity index (χ2v) is 9.98. The van der Waals surface area contributed by atoms with Gasteiger partial charge < -0.3 is 30.1 Å². The first kappa shape index (κ1) is 26.9. The lowest BCUT2D eigenvalue weighted by atomic mass is 9.51. The van der Waals surface area contributed by atoms with Crippen LogP contribution >= 0.6 is 0 Å². The maximum Gasteiger partial charge on any atom is 0.315 e. The van der Waals surface area contributed by atoms with Crippen molar-refractivity contribution >= 4 is 11.9 Å². The number of ether oxygens (including phenoxy) is 2. The summed E-state index contributed by atoms with van der Waals surface area (Å²) < 4.78 is 10.4. The van der Waals surface area contributed by atoms with Gasteiger partial charge in [-0.25, -0.2) is 4.79 Å². The molecular formula is C24H45N3O5. The van der Waals surface area contributed by atoms with Crippen LogP contribution in [0.15, 0.2) is 0 Å². The standard InChI is InChI=1S/C24H45N3O5/c1-7-25-23(30)26-19-9-11-24(4)10-8-18(21(28)20(24)17(19)3)16(2)22(29)27(12-14-31-5)13-15-32-6/h16-21,28H,7-15H2,1-6H3,(H2,25,26,30)/t16-,17+,18+,19-,20+,21-,24-/m0/s1. The minimum absolute atomic E-state index is 0.0268. The molecule has 3 N–H and O–H groups in total. The summed E-state index contributed by atoms with van der Waals surface area (Å²) >= 11 is 0. The number of nitrogens with one attached hydrogen (secondary N) is 2. The third-order valence-electron chi connectivity index (χ3n) is 8.02. The molecule has 2 saturated carbocycles. The Morgan fingerprint density at radius 1 is 1.16 bits per heavy atom. The van der Waals surface area contributed by atoms with Crippen molar-refractivity contribution in [1.29, 1.82) is 0 Å². The van der Waals surface area contributed by atoms with Crippen molar-refractivity contribution in [2.75, 3.05) is 47.1 Å². The summed E-state index contributed by atoms with van der Waals surface area (Å²) in [6.07, 6.45) is 3.14. The first-order valence-corrected chi connectivity index (χ1v) is 12.2. The largest absolute Gasteiger partial charge is 0.392 e. The minimum atomic E-state index is -0.576. The van der Waals surface area contributed by atoms with E-state index in [-0.39, 0.29) is 47.1 Å². The van der Waals surface area contributed by atoms with Gasteiger partial charge in [-0.1, -0.05) is 20.8 Å². The van der Waals surface area contributed by atoms with Crippen LogP contribution in [0.25, 0.3) is 0 Å². The van der Waals surface area contributed by atoms with Crippen LogP contribution in [0.3, 0.4) is 0 Å². The van der Waals surface area contributed by atoms with Crippen molar-refractivity contribution in [2.45, 2.75) is 65.5 Å². The van der Waals surface area contributed by atoms with E-state index in [0.29, 0.717) is 32.8 Å². The fraction of sp³-hybridized carbons (Fsp3) is 0.917. The smallest absolute Gasteiger partial charge is 0.315 e. The first-order valence-electron chi connectivity index (χ1n) is 12.2. The second kappa shape index (κ2) is 12.2. The van der Waals surface area contributed by atoms with Crippen LogP contribution < -0.4 is 10.6 Å². The van der Waals surface area contributed by atoms with Crippen molar-refractivity contribution in [2.24, 2.45) is 29.1 Å². The number of aliphatic hydroxyl groups excluding tert-OH is 1. The predicted molar refractivity (Wildman–Crippen MR) is 124 cm³/mol. The lowest BCUT2D eigenvalue weighted by Gasteiger charge is -2.56. The molecule has 0 aromatic carbocycles. The molecule has 2 fully saturated rings. The molecule has 2 rings (SSSR count). The topological polar surface area (TPSA) is 100 Å². The zero-order valence-corrected chi connectivity index (χ0v) is 20.9. The molecule has 0 bridgehead atoms. The van der Waals surface area contributed by atoms with Crippen LogP contribution in [0.4, 0.5) is 4.79 Å². The van der Waals surface area contributed by atoms with Gasteiger partial charge in [0, 0.05) is 45.8 Å². The first-order chi connectivity index (χ1) is 15.2. The minimum Gasteiger partial charge on any atom is -0.392 e. The molecular weight excluding hydrogens is 410 g/mol. The zero-order chi connectivity index (χ0) is 23.9. The Hall–Kier alpha value is -1.38. The van der Waals surface area contributed by atoms with E-state index in [9.17, 15) is 14.7 Å². The Morgan fingerprint density at radius 2 is 1.75 bits per heavy atom. The van der Waals surface area contributed by atoms with Crippen molar-refractivity contribution in [3.63, 3.8) is 0 Å². The molecule has 2 aliphatic rings. The molecule has 0 heterocycles. The Balaban J connectivity index is 2.14. The van der Waals surface area contributed by atoms with Crippen LogP contribution in [0, 0.1) is 29.1 Å². The average Bonchev–Trinajstić information content (AvgIpc) is 2.75. The number of urea groups is 1. The van der Waals surface area contributed by atoms with Gasteiger partial charge in [-0.2, -0.15) is 0 Å². The highest BCUT2D eigenvalue weighted by Gasteiger charge is 2.54. The maximum atomic E-state index is 13.3. The van der Waals surface area contributed by atoms with Crippen LogP contribution in [0.5, 0.6) is 0 Å². The van der Waals surface area contributed by atoms with Crippen LogP contribution in [0.1, 0.15) is 53.4 Å². The van der Waals surface area contributed by atoms with Crippen LogP contribution in [-0.2, 0) is 14.3 Å². The molecule has 7 atom stereocenters. The molecule has 0 aromatic rings. The molecule has 0 unspecified atom stereocenters. The van der Waals surface area contributed by atoms with Gasteiger partial charge in [0.05, 0.1) is 19.3 Å². The lowest BCUT2D eigenvalue weighted by molar-refractivity contribution is -0.151. The molecule has 3 amide bonds. The Bertz CT molecular complexity index is 610. The second-order valence-electron chi connectivity index (χ2n) is 9.98. The van der Waals surface area contributed by atoms with Gasteiger partial charge in [0.15, 0.2) is 0 Å². The molecule has 0 saturated heterocycles. The van der Waals surface area contributed by atoms with Crippen molar-refractivity contribution in [1.82, 2.24) is 15.5 Å². The van der Waals surface area contributed by atoms with E-state index in [1.165, 1.54) is 0 Å². The van der Waals surface area contributed by atoms with Crippen molar-refractivity contribution < 1.29 is 24.2 Å². The molecule has 8 nitrogen and oxygen atoms in total. The highest BCUT2D eigenvalue weighted by atomic mass is 16.5. The molecule has 0 aromatic heterocycles. The summed E-state index contributed by atoms with van der Waals surface area (Å²) in [4.78, 5) is 27.3. The third-order valence-corrected chi connectivity index (χ3v) is 8.02. The fourth-order valence-corrected chi connectivity index (χ4v) is 6.08. The Labute approximate surface area is 193 Å². The van der Waals surface area contributed by atoms with E-state index >= 15 is 0 Å². The van der Waals surface area contributed by atoms with E-state index in [2.05, 4.69) is 24.5 Å². The number of nitrogens with zero attached hydrogens (tertiary/aromatic N) is 1. The molecule has 186 valence electrons. The Kier molecular flexibility index (Phi) is 10.2. The number of hydrogen-bond acceptors (Lipinski definition) is 5. The van der Waals surface area contributed by atoms with Gasteiger partial charge in [0.25, 0.3) is 0 Å². The number of aliphatic hydroxyl groups is 1. The number of carbonyl (C=O) groups is 2. The fourth-order valence-electron chi connectivity index (χ4n) is 6.08. The van der Waals surface area contributed by atoms with Crippen LogP contribution in [-0.4, -0.2) is 81.2 Å². The lowest BCUT2D eigenvalue weighted by Crippen LogP contribution is -2.59. The van der Waals surface area contributed by atoms with E-state index in [1.807, 2.05) is 13.8 Å². The third kappa shape index (κ3) is 6.14. The van der Waals surface area contributed by atoms with Gasteiger partial charge in [-0.3, -0.25) is 4.79 Å². The summed E-state index contributed by atoms with van der Waals surface area (Å²) in [7, 11) is 3.26. The molecule has 0 aliphatic heterocycles. The van der Waals surface area contributed by atoms with Gasteiger partial charge in [-0.05, 0) is 55.8 Å². The SMILES string of the molecule is CCNC(=O)N[C@H]1CC[C@]2(C)CC[C@H]([C@H](C)C(=O)N(CCOC)CCOC)[C@H](O)[C@H]2[C@@H]1C. The number of methoxy groups -OCH3 is 2. The summed E-state index contributed by atoms with van der Waals surface area (Å²) in [5.41, 5.74) is 0.0311. The summed E-state index contributed by atoms with van der Waals surface area (Å²) in [6, 6.07) is -0.121. The summed E-state index contributed by atoms with van der Waals surface area (Å²) in [6.45, 7) is 10.8. The van der Waals surface area contributed by atoms with E-state index in [1.54, 1.807) is 19.1 Å². The van der Waals surface area contributed by atoms with E-state index in [4.69, 9.17) is 9.47 Å². The number of hydrogen-bond donors (Lipinski definition) is 3. The van der Waals surface area contributed by atoms with Gasteiger partial charge in [-0.15, -0.1) is 0 Å². The van der Waals surface area contributed by atoms with Crippen molar-refractivity contribution in [3.05, 3.63) is 0 Å². The number of amides is 3. The monoisotopic (exact) mass is 455 g/mol. The van der Waals surface area contributed by atoms with Gasteiger partial charge in [0.1, 0.15) is 0 Å². The van der Waals surface area contributed by atoms with Crippen LogP contribution in [0.2, 0.25) is 0 Å². The molecule has 8 heteroatoms.